The summed E-state index contributed by atoms with van der Waals surface area (Å²) in [6.45, 7) is 4.46. The summed E-state index contributed by atoms with van der Waals surface area (Å²) in [6, 6.07) is 10.8. The lowest BCUT2D eigenvalue weighted by molar-refractivity contribution is 0.387. The molecule has 2 atom stereocenters. The summed E-state index contributed by atoms with van der Waals surface area (Å²) in [4.78, 5) is 0. The second-order valence-corrected chi connectivity index (χ2v) is 4.78. The van der Waals surface area contributed by atoms with Crippen LogP contribution in [0.5, 0.6) is 0 Å². The first-order valence-corrected chi connectivity index (χ1v) is 5.88. The van der Waals surface area contributed by atoms with Gasteiger partial charge in [-0.15, -0.1) is 0 Å². The Morgan fingerprint density at radius 2 is 2.06 bits per heavy atom. The Bertz CT molecular complexity index is 437. The second-order valence-electron chi connectivity index (χ2n) is 4.78. The normalized spacial score (nSPS) is 22.9. The Morgan fingerprint density at radius 3 is 2.75 bits per heavy atom. The van der Waals surface area contributed by atoms with Crippen LogP contribution in [0.2, 0.25) is 0 Å². The highest BCUT2D eigenvalue weighted by Crippen LogP contribution is 2.39. The van der Waals surface area contributed by atoms with E-state index in [4.69, 9.17) is 5.26 Å². The van der Waals surface area contributed by atoms with E-state index >= 15 is 0 Å². The van der Waals surface area contributed by atoms with E-state index in [0.29, 0.717) is 24.2 Å². The highest BCUT2D eigenvalue weighted by molar-refractivity contribution is 5.58. The Labute approximate surface area is 97.4 Å². The van der Waals surface area contributed by atoms with Crippen LogP contribution >= 0.6 is 0 Å². The van der Waals surface area contributed by atoms with Crippen molar-refractivity contribution in [3.05, 3.63) is 41.5 Å². The first-order chi connectivity index (χ1) is 7.74. The van der Waals surface area contributed by atoms with Gasteiger partial charge in [-0.25, -0.2) is 0 Å². The van der Waals surface area contributed by atoms with E-state index in [1.807, 2.05) is 0 Å². The van der Waals surface area contributed by atoms with E-state index < -0.39 is 0 Å². The third-order valence-electron chi connectivity index (χ3n) is 3.44. The highest BCUT2D eigenvalue weighted by atomic mass is 14.3. The van der Waals surface area contributed by atoms with Crippen molar-refractivity contribution in [2.24, 2.45) is 11.8 Å². The van der Waals surface area contributed by atoms with Gasteiger partial charge in [-0.3, -0.25) is 0 Å². The van der Waals surface area contributed by atoms with Crippen LogP contribution in [0.1, 0.15) is 37.3 Å². The number of hydrogen-bond donors (Lipinski definition) is 0. The minimum atomic E-state index is 0.367. The predicted molar refractivity (Wildman–Crippen MR) is 66.8 cm³/mol. The predicted octanol–water partition coefficient (Wildman–Crippen LogP) is 3.98. The molecule has 0 saturated heterocycles. The second kappa shape index (κ2) is 4.53. The molecule has 0 heterocycles. The van der Waals surface area contributed by atoms with Crippen LogP contribution in [-0.4, -0.2) is 0 Å². The van der Waals surface area contributed by atoms with Gasteiger partial charge in [0, 0.05) is 12.3 Å². The minimum absolute atomic E-state index is 0.367. The fourth-order valence-electron chi connectivity index (χ4n) is 2.59. The van der Waals surface area contributed by atoms with Crippen LogP contribution in [0.15, 0.2) is 30.3 Å². The molecule has 0 spiro atoms. The molecule has 0 saturated carbocycles. The van der Waals surface area contributed by atoms with Crippen molar-refractivity contribution in [2.45, 2.75) is 26.2 Å². The van der Waals surface area contributed by atoms with Gasteiger partial charge in [-0.1, -0.05) is 50.3 Å². The van der Waals surface area contributed by atoms with Crippen LogP contribution in [0.3, 0.4) is 0 Å². The smallest absolute Gasteiger partial charge is 0.0628 e. The molecule has 1 nitrogen and oxygen atoms in total. The molecule has 16 heavy (non-hydrogen) atoms. The van der Waals surface area contributed by atoms with Crippen LogP contribution in [0, 0.1) is 23.2 Å². The summed E-state index contributed by atoms with van der Waals surface area (Å²) in [6.07, 6.45) is 5.09. The quantitative estimate of drug-likeness (QED) is 0.725. The summed E-state index contributed by atoms with van der Waals surface area (Å²) < 4.78 is 0. The molecule has 1 aromatic carbocycles. The van der Waals surface area contributed by atoms with Crippen molar-refractivity contribution < 1.29 is 0 Å². The van der Waals surface area contributed by atoms with Crippen molar-refractivity contribution in [2.75, 3.05) is 0 Å². The molecule has 0 N–H and O–H groups in total. The summed E-state index contributed by atoms with van der Waals surface area (Å²) in [5, 5.41) is 8.97. The minimum Gasteiger partial charge on any atom is -0.198 e. The lowest BCUT2D eigenvalue weighted by atomic mass is 9.73. The Balaban J connectivity index is 2.42. The van der Waals surface area contributed by atoms with E-state index in [1.165, 1.54) is 11.1 Å². The van der Waals surface area contributed by atoms with E-state index in [-0.39, 0.29) is 0 Å². The standard InChI is InChI=1S/C15H17N/c1-11(2)13-8-7-12-5-3-4-6-14(12)15(13)9-10-16/h3-8,11,13,15H,9H2,1-2H3/t13-,15-/m0/s1. The van der Waals surface area contributed by atoms with E-state index in [2.05, 4.69) is 56.3 Å². The third-order valence-corrected chi connectivity index (χ3v) is 3.44. The van der Waals surface area contributed by atoms with Gasteiger partial charge in [0.2, 0.25) is 0 Å². The number of rotatable bonds is 2. The van der Waals surface area contributed by atoms with Gasteiger partial charge in [0.1, 0.15) is 0 Å². The van der Waals surface area contributed by atoms with Gasteiger partial charge < -0.3 is 0 Å². The van der Waals surface area contributed by atoms with Crippen molar-refractivity contribution >= 4 is 6.08 Å². The van der Waals surface area contributed by atoms with E-state index in [0.717, 1.165) is 0 Å². The Morgan fingerprint density at radius 1 is 1.31 bits per heavy atom. The van der Waals surface area contributed by atoms with Gasteiger partial charge in [-0.05, 0) is 23.0 Å². The SMILES string of the molecule is CC(C)[C@@H]1C=Cc2ccccc2[C@H]1CC#N. The zero-order valence-corrected chi connectivity index (χ0v) is 9.85. The molecule has 1 heteroatoms. The van der Waals surface area contributed by atoms with Crippen molar-refractivity contribution in [1.82, 2.24) is 0 Å². The molecule has 82 valence electrons. The molecule has 1 aromatic rings. The molecule has 0 aliphatic heterocycles. The lowest BCUT2D eigenvalue weighted by Gasteiger charge is -2.31. The summed E-state index contributed by atoms with van der Waals surface area (Å²) in [5.41, 5.74) is 2.62. The van der Waals surface area contributed by atoms with E-state index in [1.54, 1.807) is 0 Å². The number of allylic oxidation sites excluding steroid dienone is 1. The van der Waals surface area contributed by atoms with E-state index in [9.17, 15) is 0 Å². The lowest BCUT2D eigenvalue weighted by Crippen LogP contribution is -2.19. The molecule has 1 aliphatic carbocycles. The number of hydrogen-bond acceptors (Lipinski definition) is 1. The molecular formula is C15H17N. The molecule has 0 radical (unpaired) electrons. The van der Waals surface area contributed by atoms with Crippen molar-refractivity contribution in [1.29, 1.82) is 5.26 Å². The molecule has 1 aliphatic rings. The maximum absolute atomic E-state index is 8.97. The topological polar surface area (TPSA) is 23.8 Å². The van der Waals surface area contributed by atoms with Crippen molar-refractivity contribution in [3.63, 3.8) is 0 Å². The molecule has 0 unspecified atom stereocenters. The Kier molecular flexibility index (Phi) is 3.10. The zero-order valence-electron chi connectivity index (χ0n) is 9.85. The molecule has 2 rings (SSSR count). The van der Waals surface area contributed by atoms with Gasteiger partial charge in [-0.2, -0.15) is 5.26 Å². The first-order valence-electron chi connectivity index (χ1n) is 5.88. The third kappa shape index (κ3) is 1.88. The van der Waals surface area contributed by atoms with Crippen LogP contribution in [0.4, 0.5) is 0 Å². The summed E-state index contributed by atoms with van der Waals surface area (Å²) in [7, 11) is 0. The average Bonchev–Trinajstić information content (AvgIpc) is 2.29. The molecule has 0 amide bonds. The average molecular weight is 211 g/mol. The van der Waals surface area contributed by atoms with Gasteiger partial charge >= 0.3 is 0 Å². The molecule has 0 bridgehead atoms. The molecular weight excluding hydrogens is 194 g/mol. The summed E-state index contributed by atoms with van der Waals surface area (Å²) >= 11 is 0. The van der Waals surface area contributed by atoms with Gasteiger partial charge in [0.15, 0.2) is 0 Å². The fraction of sp³-hybridized carbons (Fsp3) is 0.400. The fourth-order valence-corrected chi connectivity index (χ4v) is 2.59. The highest BCUT2D eigenvalue weighted by Gasteiger charge is 2.27. The first kappa shape index (κ1) is 11.0. The zero-order chi connectivity index (χ0) is 11.5. The van der Waals surface area contributed by atoms with Crippen LogP contribution in [-0.2, 0) is 0 Å². The number of benzene rings is 1. The molecule has 0 fully saturated rings. The summed E-state index contributed by atoms with van der Waals surface area (Å²) in [5.74, 6) is 1.45. The maximum Gasteiger partial charge on any atom is 0.0628 e. The van der Waals surface area contributed by atoms with Gasteiger partial charge in [0.25, 0.3) is 0 Å². The number of fused-ring (bicyclic) bond motifs is 1. The Hall–Kier alpha value is -1.55. The van der Waals surface area contributed by atoms with Crippen LogP contribution in [0.25, 0.3) is 6.08 Å². The van der Waals surface area contributed by atoms with Gasteiger partial charge in [0.05, 0.1) is 6.07 Å². The number of nitriles is 1. The molecule has 0 aromatic heterocycles. The van der Waals surface area contributed by atoms with Crippen molar-refractivity contribution in [3.8, 4) is 6.07 Å². The number of nitrogens with zero attached hydrogens (tertiary/aromatic N) is 1. The van der Waals surface area contributed by atoms with Crippen LogP contribution < -0.4 is 0 Å². The monoisotopic (exact) mass is 211 g/mol. The largest absolute Gasteiger partial charge is 0.198 e. The maximum atomic E-state index is 8.97.